The number of rotatable bonds is 2. The van der Waals surface area contributed by atoms with Crippen molar-refractivity contribution in [3.8, 4) is 0 Å². The molecule has 6 heteroatoms. The summed E-state index contributed by atoms with van der Waals surface area (Å²) in [6, 6.07) is 7.55. The molecule has 0 aromatic heterocycles. The molecule has 3 rings (SSSR count). The number of halogens is 2. The van der Waals surface area contributed by atoms with Crippen molar-refractivity contribution in [3.63, 3.8) is 0 Å². The highest BCUT2D eigenvalue weighted by Gasteiger charge is 2.39. The Labute approximate surface area is 124 Å². The first-order valence-corrected chi connectivity index (χ1v) is 6.39. The monoisotopic (exact) mass is 301 g/mol. The number of ketones is 1. The minimum Gasteiger partial charge on any atom is -0.295 e. The van der Waals surface area contributed by atoms with Crippen molar-refractivity contribution in [2.75, 3.05) is 4.90 Å². The third-order valence-corrected chi connectivity index (χ3v) is 3.44. The van der Waals surface area contributed by atoms with E-state index in [1.54, 1.807) is 12.1 Å². The number of Topliss-reactive ketones (excluding diaryl/α,β-unsaturated/α-hetero) is 1. The molecular formula is C16H9F2NO3. The van der Waals surface area contributed by atoms with E-state index in [4.69, 9.17) is 0 Å². The predicted molar refractivity (Wildman–Crippen MR) is 73.9 cm³/mol. The van der Waals surface area contributed by atoms with Crippen LogP contribution in [0.3, 0.4) is 0 Å². The van der Waals surface area contributed by atoms with Crippen LogP contribution < -0.4 is 4.90 Å². The summed E-state index contributed by atoms with van der Waals surface area (Å²) in [6.45, 7) is 1.16. The summed E-state index contributed by atoms with van der Waals surface area (Å²) < 4.78 is 28.3. The van der Waals surface area contributed by atoms with Crippen molar-refractivity contribution in [3.05, 3.63) is 64.7 Å². The Balaban J connectivity index is 2.16. The fourth-order valence-electron chi connectivity index (χ4n) is 2.37. The first kappa shape index (κ1) is 14.1. The van der Waals surface area contributed by atoms with Crippen molar-refractivity contribution < 1.29 is 23.2 Å². The van der Waals surface area contributed by atoms with Crippen LogP contribution in [-0.4, -0.2) is 17.6 Å². The van der Waals surface area contributed by atoms with E-state index in [9.17, 15) is 23.2 Å². The fourth-order valence-corrected chi connectivity index (χ4v) is 2.37. The average Bonchev–Trinajstić information content (AvgIpc) is 2.72. The van der Waals surface area contributed by atoms with E-state index in [-0.39, 0.29) is 16.7 Å². The number of imide groups is 1. The van der Waals surface area contributed by atoms with Crippen molar-refractivity contribution >= 4 is 23.3 Å². The molecule has 0 saturated heterocycles. The second-order valence-electron chi connectivity index (χ2n) is 4.84. The van der Waals surface area contributed by atoms with Gasteiger partial charge in [0.1, 0.15) is 5.69 Å². The number of carbonyl (C=O) groups excluding carboxylic acids is 3. The molecule has 1 aliphatic heterocycles. The highest BCUT2D eigenvalue weighted by Crippen LogP contribution is 2.32. The van der Waals surface area contributed by atoms with E-state index >= 15 is 0 Å². The van der Waals surface area contributed by atoms with E-state index in [1.807, 2.05) is 0 Å². The summed E-state index contributed by atoms with van der Waals surface area (Å²) in [5.41, 5.74) is -0.768. The Bertz CT molecular complexity index is 787. The van der Waals surface area contributed by atoms with Crippen LogP contribution in [0.15, 0.2) is 36.4 Å². The maximum absolute atomic E-state index is 14.2. The van der Waals surface area contributed by atoms with Gasteiger partial charge in [-0.05, 0) is 31.2 Å². The standard InChI is InChI=1S/C16H9F2NO3/c1-8(20)9-6-12(17)14(13(18)7-9)19-15(21)10-4-2-3-5-11(10)16(19)22/h2-7H,1H3. The van der Waals surface area contributed by atoms with Crippen LogP contribution in [0.1, 0.15) is 38.0 Å². The van der Waals surface area contributed by atoms with Crippen LogP contribution in [0.5, 0.6) is 0 Å². The Hall–Kier alpha value is -2.89. The van der Waals surface area contributed by atoms with Gasteiger partial charge in [-0.15, -0.1) is 0 Å². The van der Waals surface area contributed by atoms with Crippen LogP contribution >= 0.6 is 0 Å². The predicted octanol–water partition coefficient (Wildman–Crippen LogP) is 2.97. The fraction of sp³-hybridized carbons (Fsp3) is 0.0625. The van der Waals surface area contributed by atoms with Gasteiger partial charge in [0.05, 0.1) is 11.1 Å². The van der Waals surface area contributed by atoms with Gasteiger partial charge in [-0.3, -0.25) is 14.4 Å². The zero-order valence-electron chi connectivity index (χ0n) is 11.4. The maximum atomic E-state index is 14.2. The van der Waals surface area contributed by atoms with Gasteiger partial charge in [0, 0.05) is 5.56 Å². The minimum absolute atomic E-state index is 0.0851. The summed E-state index contributed by atoms with van der Waals surface area (Å²) in [7, 11) is 0. The zero-order chi connectivity index (χ0) is 16.0. The third kappa shape index (κ3) is 1.92. The minimum atomic E-state index is -1.14. The number of anilines is 1. The lowest BCUT2D eigenvalue weighted by Gasteiger charge is -2.16. The molecule has 0 N–H and O–H groups in total. The van der Waals surface area contributed by atoms with Crippen molar-refractivity contribution in [2.24, 2.45) is 0 Å². The van der Waals surface area contributed by atoms with E-state index in [0.717, 1.165) is 19.1 Å². The molecule has 0 saturated carbocycles. The van der Waals surface area contributed by atoms with E-state index < -0.39 is 34.9 Å². The molecule has 4 nitrogen and oxygen atoms in total. The molecule has 1 heterocycles. The van der Waals surface area contributed by atoms with Gasteiger partial charge in [-0.1, -0.05) is 12.1 Å². The van der Waals surface area contributed by atoms with Crippen molar-refractivity contribution in [1.82, 2.24) is 0 Å². The molecule has 0 spiro atoms. The van der Waals surface area contributed by atoms with E-state index in [1.165, 1.54) is 12.1 Å². The lowest BCUT2D eigenvalue weighted by Crippen LogP contribution is -2.31. The number of hydrogen-bond donors (Lipinski definition) is 0. The molecule has 1 aliphatic rings. The highest BCUT2D eigenvalue weighted by molar-refractivity contribution is 6.34. The summed E-state index contributed by atoms with van der Waals surface area (Å²) in [5, 5.41) is 0. The molecule has 0 atom stereocenters. The van der Waals surface area contributed by atoms with Crippen molar-refractivity contribution in [2.45, 2.75) is 6.92 Å². The first-order chi connectivity index (χ1) is 10.4. The molecule has 22 heavy (non-hydrogen) atoms. The highest BCUT2D eigenvalue weighted by atomic mass is 19.1. The van der Waals surface area contributed by atoms with Gasteiger partial charge in [-0.2, -0.15) is 0 Å². The second kappa shape index (κ2) is 4.84. The Morgan fingerprint density at radius 3 is 1.82 bits per heavy atom. The molecule has 2 aromatic carbocycles. The summed E-state index contributed by atoms with van der Waals surface area (Å²) in [4.78, 5) is 36.1. The number of benzene rings is 2. The van der Waals surface area contributed by atoms with Crippen molar-refractivity contribution in [1.29, 1.82) is 0 Å². The first-order valence-electron chi connectivity index (χ1n) is 6.39. The third-order valence-electron chi connectivity index (χ3n) is 3.44. The number of hydrogen-bond acceptors (Lipinski definition) is 3. The summed E-state index contributed by atoms with van der Waals surface area (Å²) in [5.74, 6) is -4.39. The number of nitrogens with zero attached hydrogens (tertiary/aromatic N) is 1. The normalized spacial score (nSPS) is 13.5. The Kier molecular flexibility index (Phi) is 3.09. The lowest BCUT2D eigenvalue weighted by atomic mass is 10.1. The molecule has 0 unspecified atom stereocenters. The quantitative estimate of drug-likeness (QED) is 0.633. The van der Waals surface area contributed by atoms with Gasteiger partial charge < -0.3 is 0 Å². The molecule has 0 fully saturated rings. The summed E-state index contributed by atoms with van der Waals surface area (Å²) >= 11 is 0. The molecular weight excluding hydrogens is 292 g/mol. The second-order valence-corrected chi connectivity index (χ2v) is 4.84. The number of amides is 2. The SMILES string of the molecule is CC(=O)c1cc(F)c(N2C(=O)c3ccccc3C2=O)c(F)c1. The molecule has 0 bridgehead atoms. The lowest BCUT2D eigenvalue weighted by molar-refractivity contribution is 0.0922. The van der Waals surface area contributed by atoms with Crippen LogP contribution in [-0.2, 0) is 0 Å². The maximum Gasteiger partial charge on any atom is 0.266 e. The topological polar surface area (TPSA) is 54.5 Å². The van der Waals surface area contributed by atoms with Gasteiger partial charge in [0.2, 0.25) is 0 Å². The van der Waals surface area contributed by atoms with Crippen LogP contribution in [0.25, 0.3) is 0 Å². The van der Waals surface area contributed by atoms with Gasteiger partial charge in [-0.25, -0.2) is 13.7 Å². The zero-order valence-corrected chi connectivity index (χ0v) is 11.4. The Morgan fingerprint density at radius 1 is 0.955 bits per heavy atom. The number of fused-ring (bicyclic) bond motifs is 1. The van der Waals surface area contributed by atoms with E-state index in [2.05, 4.69) is 0 Å². The van der Waals surface area contributed by atoms with E-state index in [0.29, 0.717) is 4.90 Å². The molecule has 0 aliphatic carbocycles. The average molecular weight is 301 g/mol. The number of carbonyl (C=O) groups is 3. The largest absolute Gasteiger partial charge is 0.295 e. The Morgan fingerprint density at radius 2 is 1.41 bits per heavy atom. The smallest absolute Gasteiger partial charge is 0.266 e. The molecule has 2 aromatic rings. The van der Waals surface area contributed by atoms with Gasteiger partial charge >= 0.3 is 0 Å². The van der Waals surface area contributed by atoms with Gasteiger partial charge in [0.15, 0.2) is 17.4 Å². The molecule has 110 valence electrons. The van der Waals surface area contributed by atoms with Crippen LogP contribution in [0.4, 0.5) is 14.5 Å². The molecule has 2 amide bonds. The summed E-state index contributed by atoms with van der Waals surface area (Å²) in [6.07, 6.45) is 0. The van der Waals surface area contributed by atoms with Gasteiger partial charge in [0.25, 0.3) is 11.8 Å². The van der Waals surface area contributed by atoms with Crippen LogP contribution in [0.2, 0.25) is 0 Å². The molecule has 0 radical (unpaired) electrons. The van der Waals surface area contributed by atoms with Crippen LogP contribution in [0, 0.1) is 11.6 Å².